The number of morpholine rings is 1. The van der Waals surface area contributed by atoms with Gasteiger partial charge in [-0.05, 0) is 75.2 Å². The van der Waals surface area contributed by atoms with Crippen LogP contribution in [0.5, 0.6) is 5.75 Å². The van der Waals surface area contributed by atoms with Gasteiger partial charge in [-0.2, -0.15) is 10.4 Å². The van der Waals surface area contributed by atoms with E-state index in [4.69, 9.17) is 21.1 Å². The van der Waals surface area contributed by atoms with Gasteiger partial charge in [0.1, 0.15) is 11.8 Å². The molecule has 8 nitrogen and oxygen atoms in total. The largest absolute Gasteiger partial charge is 0.492 e. The van der Waals surface area contributed by atoms with Gasteiger partial charge in [-0.3, -0.25) is 9.69 Å². The highest BCUT2D eigenvalue weighted by Crippen LogP contribution is 2.24. The van der Waals surface area contributed by atoms with Crippen LogP contribution in [-0.2, 0) is 4.74 Å². The monoisotopic (exact) mass is 507 g/mol. The van der Waals surface area contributed by atoms with Crippen molar-refractivity contribution in [3.63, 3.8) is 0 Å². The molecule has 0 radical (unpaired) electrons. The number of hydrogen-bond acceptors (Lipinski definition) is 6. The van der Waals surface area contributed by atoms with Crippen molar-refractivity contribution in [3.05, 3.63) is 70.5 Å². The quantitative estimate of drug-likeness (QED) is 0.395. The molecular formula is C27H30ClN5O3. The van der Waals surface area contributed by atoms with E-state index in [0.29, 0.717) is 39.9 Å². The van der Waals surface area contributed by atoms with Crippen molar-refractivity contribution in [2.75, 3.05) is 44.8 Å². The first-order chi connectivity index (χ1) is 17.5. The number of amides is 1. The average molecular weight is 508 g/mol. The molecule has 2 aromatic carbocycles. The van der Waals surface area contributed by atoms with E-state index in [-0.39, 0.29) is 5.91 Å². The molecule has 9 heteroatoms. The Hall–Kier alpha value is -3.38. The summed E-state index contributed by atoms with van der Waals surface area (Å²) in [5, 5.41) is 17.4. The molecule has 3 aromatic rings. The summed E-state index contributed by atoms with van der Waals surface area (Å²) in [7, 11) is 0. The first-order valence-electron chi connectivity index (χ1n) is 12.1. The maximum Gasteiger partial charge on any atom is 0.259 e. The van der Waals surface area contributed by atoms with Crippen LogP contribution in [-0.4, -0.2) is 60.0 Å². The maximum absolute atomic E-state index is 12.9. The van der Waals surface area contributed by atoms with E-state index >= 15 is 0 Å². The highest BCUT2D eigenvalue weighted by molar-refractivity contribution is 6.30. The highest BCUT2D eigenvalue weighted by Gasteiger charge is 2.16. The molecule has 0 bridgehead atoms. The fourth-order valence-corrected chi connectivity index (χ4v) is 4.24. The molecule has 1 aliphatic heterocycles. The van der Waals surface area contributed by atoms with Gasteiger partial charge >= 0.3 is 0 Å². The first kappa shape index (κ1) is 25.7. The van der Waals surface area contributed by atoms with Gasteiger partial charge in [0.25, 0.3) is 5.91 Å². The number of carbonyl (C=O) groups is 1. The molecule has 1 N–H and O–H groups in total. The molecule has 0 spiro atoms. The molecule has 0 atom stereocenters. The SMILES string of the molecule is Cc1c(C(=O)Nc2ccc(OCCCCCN3CCOCC3)c(C#N)c2)cnn1-c1ccc(Cl)cc1. The van der Waals surface area contributed by atoms with E-state index in [9.17, 15) is 10.1 Å². The Kier molecular flexibility index (Phi) is 8.95. The Balaban J connectivity index is 1.29. The summed E-state index contributed by atoms with van der Waals surface area (Å²) >= 11 is 5.96. The molecule has 1 fully saturated rings. The second-order valence-corrected chi connectivity index (χ2v) is 9.11. The maximum atomic E-state index is 12.9. The van der Waals surface area contributed by atoms with E-state index in [1.807, 2.05) is 19.1 Å². The number of carbonyl (C=O) groups excluding carboxylic acids is 1. The smallest absolute Gasteiger partial charge is 0.259 e. The fraction of sp³-hybridized carbons (Fsp3) is 0.370. The Morgan fingerprint density at radius 2 is 1.94 bits per heavy atom. The summed E-state index contributed by atoms with van der Waals surface area (Å²) in [6, 6.07) is 14.5. The van der Waals surface area contributed by atoms with Crippen molar-refractivity contribution >= 4 is 23.2 Å². The number of nitrogens with one attached hydrogen (secondary N) is 1. The number of aromatic nitrogens is 2. The van der Waals surface area contributed by atoms with Gasteiger partial charge in [0, 0.05) is 23.8 Å². The van der Waals surface area contributed by atoms with Crippen molar-refractivity contribution in [2.45, 2.75) is 26.2 Å². The molecule has 36 heavy (non-hydrogen) atoms. The van der Waals surface area contributed by atoms with Crippen LogP contribution in [0, 0.1) is 18.3 Å². The summed E-state index contributed by atoms with van der Waals surface area (Å²) in [5.41, 5.74) is 2.86. The van der Waals surface area contributed by atoms with Gasteiger partial charge in [0.15, 0.2) is 0 Å². The predicted molar refractivity (Wildman–Crippen MR) is 139 cm³/mol. The van der Waals surface area contributed by atoms with Crippen molar-refractivity contribution in [1.29, 1.82) is 5.26 Å². The van der Waals surface area contributed by atoms with Crippen LogP contribution in [0.3, 0.4) is 0 Å². The van der Waals surface area contributed by atoms with Crippen molar-refractivity contribution in [2.24, 2.45) is 0 Å². The Morgan fingerprint density at radius 3 is 2.69 bits per heavy atom. The lowest BCUT2D eigenvalue weighted by atomic mass is 10.1. The second-order valence-electron chi connectivity index (χ2n) is 8.67. The average Bonchev–Trinajstić information content (AvgIpc) is 3.29. The molecule has 2 heterocycles. The number of rotatable bonds is 10. The van der Waals surface area contributed by atoms with Gasteiger partial charge in [0.05, 0.1) is 48.5 Å². The summed E-state index contributed by atoms with van der Waals surface area (Å²) < 4.78 is 12.9. The van der Waals surface area contributed by atoms with Gasteiger partial charge in [-0.1, -0.05) is 11.6 Å². The minimum absolute atomic E-state index is 0.300. The van der Waals surface area contributed by atoms with Crippen molar-refractivity contribution < 1.29 is 14.3 Å². The summed E-state index contributed by atoms with van der Waals surface area (Å²) in [6.07, 6.45) is 4.63. The number of anilines is 1. The van der Waals surface area contributed by atoms with Crippen LogP contribution in [0.25, 0.3) is 5.69 Å². The zero-order valence-corrected chi connectivity index (χ0v) is 21.1. The van der Waals surface area contributed by atoms with Gasteiger partial charge < -0.3 is 14.8 Å². The van der Waals surface area contributed by atoms with Gasteiger partial charge in [-0.25, -0.2) is 4.68 Å². The van der Waals surface area contributed by atoms with E-state index in [1.54, 1.807) is 35.0 Å². The molecule has 1 amide bonds. The van der Waals surface area contributed by atoms with E-state index in [0.717, 1.165) is 57.8 Å². The first-order valence-corrected chi connectivity index (χ1v) is 12.5. The molecule has 0 saturated carbocycles. The van der Waals surface area contributed by atoms with Crippen molar-refractivity contribution in [3.8, 4) is 17.5 Å². The number of nitriles is 1. The molecule has 4 rings (SSSR count). The third kappa shape index (κ3) is 6.64. The van der Waals surface area contributed by atoms with Crippen LogP contribution in [0.4, 0.5) is 5.69 Å². The van der Waals surface area contributed by atoms with E-state index < -0.39 is 0 Å². The predicted octanol–water partition coefficient (Wildman–Crippen LogP) is 4.84. The summed E-state index contributed by atoms with van der Waals surface area (Å²) in [6.45, 7) is 7.12. The zero-order chi connectivity index (χ0) is 25.3. The lowest BCUT2D eigenvalue weighted by Crippen LogP contribution is -2.36. The minimum Gasteiger partial charge on any atom is -0.492 e. The third-order valence-electron chi connectivity index (χ3n) is 6.16. The topological polar surface area (TPSA) is 92.4 Å². The second kappa shape index (κ2) is 12.5. The summed E-state index contributed by atoms with van der Waals surface area (Å²) in [5.74, 6) is 0.223. The van der Waals surface area contributed by atoms with Gasteiger partial charge in [-0.15, -0.1) is 0 Å². The molecule has 1 saturated heterocycles. The van der Waals surface area contributed by atoms with E-state index in [2.05, 4.69) is 21.4 Å². The van der Waals surface area contributed by atoms with E-state index in [1.165, 1.54) is 6.20 Å². The fourth-order valence-electron chi connectivity index (χ4n) is 4.12. The molecule has 1 aliphatic rings. The van der Waals surface area contributed by atoms with Crippen LogP contribution in [0.1, 0.15) is 40.9 Å². The van der Waals surface area contributed by atoms with Crippen LogP contribution in [0.15, 0.2) is 48.7 Å². The lowest BCUT2D eigenvalue weighted by Gasteiger charge is -2.26. The highest BCUT2D eigenvalue weighted by atomic mass is 35.5. The number of ether oxygens (including phenoxy) is 2. The summed E-state index contributed by atoms with van der Waals surface area (Å²) in [4.78, 5) is 15.3. The third-order valence-corrected chi connectivity index (χ3v) is 6.42. The molecule has 0 unspecified atom stereocenters. The number of hydrogen-bond donors (Lipinski definition) is 1. The normalized spacial score (nSPS) is 13.8. The van der Waals surface area contributed by atoms with Crippen LogP contribution in [0.2, 0.25) is 5.02 Å². The van der Waals surface area contributed by atoms with Gasteiger partial charge in [0.2, 0.25) is 0 Å². The van der Waals surface area contributed by atoms with Crippen LogP contribution >= 0.6 is 11.6 Å². The molecule has 188 valence electrons. The van der Waals surface area contributed by atoms with Crippen molar-refractivity contribution in [1.82, 2.24) is 14.7 Å². The molecule has 1 aromatic heterocycles. The molecular weight excluding hydrogens is 478 g/mol. The number of benzene rings is 2. The standard InChI is InChI=1S/C27H30ClN5O3/c1-20-25(19-30-33(20)24-8-5-22(28)6-9-24)27(34)31-23-7-10-26(21(17-23)18-29)36-14-4-2-3-11-32-12-15-35-16-13-32/h5-10,17,19H,2-4,11-16H2,1H3,(H,31,34). The van der Waals surface area contributed by atoms with Crippen LogP contribution < -0.4 is 10.1 Å². The number of nitrogens with zero attached hydrogens (tertiary/aromatic N) is 4. The number of halogens is 1. The minimum atomic E-state index is -0.300. The molecule has 0 aliphatic carbocycles. The Bertz CT molecular complexity index is 1210. The number of unbranched alkanes of at least 4 members (excludes halogenated alkanes) is 2. The Labute approximate surface area is 216 Å². The Morgan fingerprint density at radius 1 is 1.17 bits per heavy atom. The zero-order valence-electron chi connectivity index (χ0n) is 20.4. The lowest BCUT2D eigenvalue weighted by molar-refractivity contribution is 0.0370.